The van der Waals surface area contributed by atoms with E-state index in [1.807, 2.05) is 0 Å². The highest BCUT2D eigenvalue weighted by Gasteiger charge is 2.15. The van der Waals surface area contributed by atoms with Crippen molar-refractivity contribution in [3.8, 4) is 11.4 Å². The number of hydrogen-bond donors (Lipinski definition) is 1. The second kappa shape index (κ2) is 4.92. The van der Waals surface area contributed by atoms with Crippen LogP contribution in [0.2, 0.25) is 5.02 Å². The summed E-state index contributed by atoms with van der Waals surface area (Å²) in [7, 11) is -3.69. The zero-order valence-electron chi connectivity index (χ0n) is 10.2. The van der Waals surface area contributed by atoms with E-state index in [1.54, 1.807) is 0 Å². The Morgan fingerprint density at radius 2 is 1.95 bits per heavy atom. The number of nitrogens with zero attached hydrogens (tertiary/aromatic N) is 1. The second-order valence-electron chi connectivity index (χ2n) is 4.10. The van der Waals surface area contributed by atoms with Crippen LogP contribution in [0.25, 0.3) is 5.69 Å². The molecule has 5 nitrogen and oxygen atoms in total. The minimum Gasteiger partial charge on any atom is -0.506 e. The smallest absolute Gasteiger partial charge is 0.258 e. The Labute approximate surface area is 118 Å². The Bertz CT molecular complexity index is 845. The molecule has 1 N–H and O–H groups in total. The molecule has 20 heavy (non-hydrogen) atoms. The number of halogens is 2. The van der Waals surface area contributed by atoms with Crippen LogP contribution in [0.5, 0.6) is 5.75 Å². The minimum absolute atomic E-state index is 0.0859. The lowest BCUT2D eigenvalue weighted by atomic mass is 10.3. The average Bonchev–Trinajstić information content (AvgIpc) is 2.32. The minimum atomic E-state index is -3.69. The van der Waals surface area contributed by atoms with Gasteiger partial charge in [-0.05, 0) is 18.2 Å². The fourth-order valence-electron chi connectivity index (χ4n) is 1.64. The number of rotatable bonds is 2. The van der Waals surface area contributed by atoms with Crippen molar-refractivity contribution in [1.82, 2.24) is 4.57 Å². The first-order valence-corrected chi connectivity index (χ1v) is 7.58. The summed E-state index contributed by atoms with van der Waals surface area (Å²) in [6, 6.07) is 4.12. The molecule has 8 heteroatoms. The van der Waals surface area contributed by atoms with Gasteiger partial charge in [0.25, 0.3) is 5.56 Å². The largest absolute Gasteiger partial charge is 0.506 e. The van der Waals surface area contributed by atoms with Crippen molar-refractivity contribution in [3.05, 3.63) is 51.7 Å². The van der Waals surface area contributed by atoms with E-state index in [2.05, 4.69) is 0 Å². The van der Waals surface area contributed by atoms with Gasteiger partial charge >= 0.3 is 0 Å². The Balaban J connectivity index is 2.64. The quantitative estimate of drug-likeness (QED) is 0.915. The highest BCUT2D eigenvalue weighted by atomic mass is 35.5. The zero-order valence-corrected chi connectivity index (χ0v) is 11.7. The molecule has 0 amide bonds. The van der Waals surface area contributed by atoms with E-state index in [9.17, 15) is 22.7 Å². The Morgan fingerprint density at radius 3 is 2.50 bits per heavy atom. The average molecular weight is 318 g/mol. The molecule has 0 aliphatic heterocycles. The van der Waals surface area contributed by atoms with Crippen LogP contribution < -0.4 is 5.56 Å². The third kappa shape index (κ3) is 2.68. The normalized spacial score (nSPS) is 11.6. The van der Waals surface area contributed by atoms with Crippen LogP contribution in [0.1, 0.15) is 0 Å². The molecule has 0 aliphatic rings. The Kier molecular flexibility index (Phi) is 3.58. The molecule has 1 aromatic carbocycles. The molecule has 0 radical (unpaired) electrons. The third-order valence-electron chi connectivity index (χ3n) is 2.58. The molecule has 0 fully saturated rings. The van der Waals surface area contributed by atoms with Crippen LogP contribution in [0.15, 0.2) is 40.2 Å². The monoisotopic (exact) mass is 317 g/mol. The van der Waals surface area contributed by atoms with Crippen LogP contribution in [-0.4, -0.2) is 24.3 Å². The van der Waals surface area contributed by atoms with Gasteiger partial charge in [-0.15, -0.1) is 0 Å². The number of aromatic nitrogens is 1. The summed E-state index contributed by atoms with van der Waals surface area (Å²) >= 11 is 5.68. The summed E-state index contributed by atoms with van der Waals surface area (Å²) in [5.74, 6) is -1.36. The van der Waals surface area contributed by atoms with Gasteiger partial charge in [-0.2, -0.15) is 0 Å². The van der Waals surface area contributed by atoms with Crippen LogP contribution in [-0.2, 0) is 9.84 Å². The molecule has 0 saturated carbocycles. The molecule has 0 unspecified atom stereocenters. The van der Waals surface area contributed by atoms with Gasteiger partial charge in [0, 0.05) is 18.5 Å². The standard InChI is InChI=1S/C12H9ClFNO4S/c1-20(18,19)11-3-2-7(4-9(11)14)15-6-8(13)10(16)5-12(15)17/h2-6,16H,1H3. The molecule has 2 aromatic rings. The predicted molar refractivity (Wildman–Crippen MR) is 71.8 cm³/mol. The van der Waals surface area contributed by atoms with Crippen LogP contribution in [0.3, 0.4) is 0 Å². The molecule has 0 spiro atoms. The zero-order chi connectivity index (χ0) is 15.1. The molecular weight excluding hydrogens is 309 g/mol. The maximum atomic E-state index is 13.8. The van der Waals surface area contributed by atoms with Crippen LogP contribution in [0, 0.1) is 5.82 Å². The van der Waals surface area contributed by atoms with Gasteiger partial charge in [0.15, 0.2) is 9.84 Å². The summed E-state index contributed by atoms with van der Waals surface area (Å²) in [4.78, 5) is 11.2. The number of pyridine rings is 1. The first kappa shape index (κ1) is 14.5. The van der Waals surface area contributed by atoms with E-state index in [4.69, 9.17) is 11.6 Å². The van der Waals surface area contributed by atoms with Crippen molar-refractivity contribution in [3.63, 3.8) is 0 Å². The van der Waals surface area contributed by atoms with Gasteiger partial charge in [0.1, 0.15) is 16.5 Å². The number of hydrogen-bond acceptors (Lipinski definition) is 4. The highest BCUT2D eigenvalue weighted by molar-refractivity contribution is 7.90. The van der Waals surface area contributed by atoms with Crippen molar-refractivity contribution in [2.45, 2.75) is 4.90 Å². The fourth-order valence-corrected chi connectivity index (χ4v) is 2.52. The number of aromatic hydroxyl groups is 1. The van der Waals surface area contributed by atoms with Crippen LogP contribution in [0.4, 0.5) is 4.39 Å². The third-order valence-corrected chi connectivity index (χ3v) is 4.00. The molecular formula is C12H9ClFNO4S. The maximum Gasteiger partial charge on any atom is 0.258 e. The van der Waals surface area contributed by atoms with E-state index in [0.29, 0.717) is 0 Å². The molecule has 2 rings (SSSR count). The maximum absolute atomic E-state index is 13.8. The molecule has 0 saturated heterocycles. The molecule has 1 aromatic heterocycles. The summed E-state index contributed by atoms with van der Waals surface area (Å²) in [6.45, 7) is 0. The van der Waals surface area contributed by atoms with Crippen molar-refractivity contribution in [2.24, 2.45) is 0 Å². The summed E-state index contributed by atoms with van der Waals surface area (Å²) in [5.41, 5.74) is -0.528. The van der Waals surface area contributed by atoms with Crippen molar-refractivity contribution in [2.75, 3.05) is 6.26 Å². The van der Waals surface area contributed by atoms with E-state index in [-0.39, 0.29) is 16.5 Å². The van der Waals surface area contributed by atoms with Gasteiger partial charge in [0.05, 0.1) is 10.7 Å². The summed E-state index contributed by atoms with van der Waals surface area (Å²) in [6.07, 6.45) is 2.00. The van der Waals surface area contributed by atoms with E-state index >= 15 is 0 Å². The Morgan fingerprint density at radius 1 is 1.30 bits per heavy atom. The van der Waals surface area contributed by atoms with Crippen LogP contribution >= 0.6 is 11.6 Å². The highest BCUT2D eigenvalue weighted by Crippen LogP contribution is 2.22. The van der Waals surface area contributed by atoms with Gasteiger partial charge in [-0.25, -0.2) is 12.8 Å². The topological polar surface area (TPSA) is 76.4 Å². The van der Waals surface area contributed by atoms with E-state index in [0.717, 1.165) is 35.2 Å². The lowest BCUT2D eigenvalue weighted by Crippen LogP contribution is -2.16. The van der Waals surface area contributed by atoms with Crippen molar-refractivity contribution < 1.29 is 17.9 Å². The first-order valence-electron chi connectivity index (χ1n) is 5.31. The van der Waals surface area contributed by atoms with Gasteiger partial charge in [-0.3, -0.25) is 9.36 Å². The molecule has 0 aliphatic carbocycles. The predicted octanol–water partition coefficient (Wildman–Crippen LogP) is 1.74. The fraction of sp³-hybridized carbons (Fsp3) is 0.0833. The van der Waals surface area contributed by atoms with Crippen molar-refractivity contribution >= 4 is 21.4 Å². The van der Waals surface area contributed by atoms with Gasteiger partial charge in [0.2, 0.25) is 0 Å². The number of sulfone groups is 1. The lowest BCUT2D eigenvalue weighted by molar-refractivity contribution is 0.473. The first-order chi connectivity index (χ1) is 9.20. The summed E-state index contributed by atoms with van der Waals surface area (Å²) < 4.78 is 37.4. The molecule has 1 heterocycles. The van der Waals surface area contributed by atoms with E-state index in [1.165, 1.54) is 6.07 Å². The second-order valence-corrected chi connectivity index (χ2v) is 6.49. The molecule has 0 bridgehead atoms. The van der Waals surface area contributed by atoms with E-state index < -0.39 is 26.1 Å². The Hall–Kier alpha value is -1.86. The molecule has 106 valence electrons. The SMILES string of the molecule is CS(=O)(=O)c1ccc(-n2cc(Cl)c(O)cc2=O)cc1F. The lowest BCUT2D eigenvalue weighted by Gasteiger charge is -2.08. The summed E-state index contributed by atoms with van der Waals surface area (Å²) in [5, 5.41) is 9.19. The van der Waals surface area contributed by atoms with Gasteiger partial charge < -0.3 is 5.11 Å². The molecule has 0 atom stereocenters. The number of benzene rings is 1. The van der Waals surface area contributed by atoms with Crippen molar-refractivity contribution in [1.29, 1.82) is 0 Å². The van der Waals surface area contributed by atoms with Gasteiger partial charge in [-0.1, -0.05) is 11.6 Å².